The molecular formula is C6H17O7PSSi. The first kappa shape index (κ1) is 16.6. The zero-order valence-electron chi connectivity index (χ0n) is 9.41. The van der Waals surface area contributed by atoms with Crippen LogP contribution in [0.4, 0.5) is 0 Å². The third kappa shape index (κ3) is 7.00. The normalized spacial score (nSPS) is 13.1. The van der Waals surface area contributed by atoms with Gasteiger partial charge in [-0.3, -0.25) is 4.52 Å². The molecule has 0 atom stereocenters. The molecule has 0 fully saturated rings. The summed E-state index contributed by atoms with van der Waals surface area (Å²) in [6.45, 7) is -0.0312. The molecule has 16 heavy (non-hydrogen) atoms. The van der Waals surface area contributed by atoms with Crippen LogP contribution >= 0.6 is 19.6 Å². The van der Waals surface area contributed by atoms with Gasteiger partial charge in [-0.25, -0.2) is 4.57 Å². The van der Waals surface area contributed by atoms with Gasteiger partial charge in [0.2, 0.25) is 0 Å². The molecule has 0 aromatic heterocycles. The third-order valence-corrected chi connectivity index (χ3v) is 6.77. The molecule has 0 aliphatic rings. The SMILES string of the molecule is CO[Si](CSCCOP(=O)(O)O)(OC)OC. The molecule has 0 radical (unpaired) electrons. The summed E-state index contributed by atoms with van der Waals surface area (Å²) in [6.07, 6.45) is 0. The van der Waals surface area contributed by atoms with Crippen LogP contribution in [0.3, 0.4) is 0 Å². The van der Waals surface area contributed by atoms with Crippen molar-refractivity contribution in [1.82, 2.24) is 0 Å². The van der Waals surface area contributed by atoms with Crippen LogP contribution in [0.1, 0.15) is 0 Å². The zero-order valence-corrected chi connectivity index (χ0v) is 12.1. The minimum absolute atomic E-state index is 0.0312. The summed E-state index contributed by atoms with van der Waals surface area (Å²) in [6, 6.07) is 0. The summed E-state index contributed by atoms with van der Waals surface area (Å²) in [5, 5.41) is 0.501. The minimum Gasteiger partial charge on any atom is -0.376 e. The largest absolute Gasteiger partial charge is 0.510 e. The lowest BCUT2D eigenvalue weighted by molar-refractivity contribution is 0.130. The molecule has 0 saturated carbocycles. The average molecular weight is 292 g/mol. The molecule has 0 bridgehead atoms. The maximum atomic E-state index is 10.4. The molecule has 98 valence electrons. The number of hydrogen-bond acceptors (Lipinski definition) is 6. The van der Waals surface area contributed by atoms with Crippen LogP contribution < -0.4 is 0 Å². The summed E-state index contributed by atoms with van der Waals surface area (Å²) in [7, 11) is -2.45. The van der Waals surface area contributed by atoms with Gasteiger partial charge in [0.05, 0.1) is 12.0 Å². The van der Waals surface area contributed by atoms with Crippen LogP contribution in [0.2, 0.25) is 0 Å². The molecule has 0 unspecified atom stereocenters. The smallest absolute Gasteiger partial charge is 0.376 e. The Hall–Kier alpha value is 0.557. The Morgan fingerprint density at radius 3 is 2.06 bits per heavy atom. The van der Waals surface area contributed by atoms with Gasteiger partial charge in [-0.1, -0.05) is 0 Å². The Balaban J connectivity index is 3.76. The molecule has 0 heterocycles. The fourth-order valence-electron chi connectivity index (χ4n) is 0.839. The average Bonchev–Trinajstić information content (AvgIpc) is 2.23. The van der Waals surface area contributed by atoms with E-state index in [1.165, 1.54) is 33.1 Å². The maximum absolute atomic E-state index is 10.4. The molecule has 0 aromatic carbocycles. The highest BCUT2D eigenvalue weighted by Crippen LogP contribution is 2.35. The van der Waals surface area contributed by atoms with Crippen molar-refractivity contribution in [3.63, 3.8) is 0 Å². The summed E-state index contributed by atoms with van der Waals surface area (Å²) in [5.41, 5.74) is 0. The van der Waals surface area contributed by atoms with Crippen LogP contribution in [0.5, 0.6) is 0 Å². The van der Waals surface area contributed by atoms with E-state index in [4.69, 9.17) is 23.1 Å². The van der Waals surface area contributed by atoms with Gasteiger partial charge in [0.25, 0.3) is 0 Å². The molecule has 2 N–H and O–H groups in total. The number of phosphoric ester groups is 1. The summed E-state index contributed by atoms with van der Waals surface area (Å²) in [5.74, 6) is 0.427. The maximum Gasteiger partial charge on any atom is 0.510 e. The third-order valence-electron chi connectivity index (χ3n) is 1.70. The number of thioether (sulfide) groups is 1. The van der Waals surface area contributed by atoms with Crippen molar-refractivity contribution < 1.29 is 32.2 Å². The Kier molecular flexibility index (Phi) is 8.07. The number of rotatable bonds is 9. The lowest BCUT2D eigenvalue weighted by Gasteiger charge is -2.23. The molecule has 0 aromatic rings. The lowest BCUT2D eigenvalue weighted by Crippen LogP contribution is -2.46. The molecule has 10 heteroatoms. The second kappa shape index (κ2) is 7.80. The first-order chi connectivity index (χ1) is 7.39. The van der Waals surface area contributed by atoms with Gasteiger partial charge in [-0.15, -0.1) is 0 Å². The second-order valence-electron chi connectivity index (χ2n) is 2.67. The predicted octanol–water partition coefficient (Wildman–Crippen LogP) is 0.246. The van der Waals surface area contributed by atoms with E-state index in [0.717, 1.165) is 0 Å². The summed E-state index contributed by atoms with van der Waals surface area (Å²) >= 11 is 1.39. The van der Waals surface area contributed by atoms with Crippen molar-refractivity contribution >= 4 is 28.4 Å². The Labute approximate surface area is 100 Å². The van der Waals surface area contributed by atoms with E-state index in [2.05, 4.69) is 4.52 Å². The van der Waals surface area contributed by atoms with Crippen molar-refractivity contribution in [2.24, 2.45) is 0 Å². The molecule has 7 nitrogen and oxygen atoms in total. The fraction of sp³-hybridized carbons (Fsp3) is 1.00. The minimum atomic E-state index is -4.36. The van der Waals surface area contributed by atoms with Gasteiger partial charge in [0.1, 0.15) is 0 Å². The Bertz CT molecular complexity index is 223. The van der Waals surface area contributed by atoms with Crippen LogP contribution in [0.25, 0.3) is 0 Å². The van der Waals surface area contributed by atoms with Gasteiger partial charge < -0.3 is 23.1 Å². The number of phosphoric acid groups is 1. The van der Waals surface area contributed by atoms with Crippen LogP contribution in [0.15, 0.2) is 0 Å². The Morgan fingerprint density at radius 2 is 1.69 bits per heavy atom. The molecular weight excluding hydrogens is 275 g/mol. The molecule has 0 saturated heterocycles. The lowest BCUT2D eigenvalue weighted by atomic mass is 10.9. The van der Waals surface area contributed by atoms with Gasteiger partial charge in [0.15, 0.2) is 0 Å². The van der Waals surface area contributed by atoms with Crippen LogP contribution in [0, 0.1) is 0 Å². The summed E-state index contributed by atoms with van der Waals surface area (Å²) < 4.78 is 30.1. The molecule has 0 amide bonds. The first-order valence-corrected chi connectivity index (χ1v) is 8.94. The van der Waals surface area contributed by atoms with Gasteiger partial charge >= 0.3 is 16.6 Å². The van der Waals surface area contributed by atoms with Crippen molar-refractivity contribution in [1.29, 1.82) is 0 Å². The molecule has 0 spiro atoms. The zero-order chi connectivity index (χ0) is 12.7. The highest BCUT2D eigenvalue weighted by atomic mass is 32.2. The Morgan fingerprint density at radius 1 is 1.19 bits per heavy atom. The van der Waals surface area contributed by atoms with E-state index < -0.39 is 16.6 Å². The van der Waals surface area contributed by atoms with Crippen LogP contribution in [-0.4, -0.2) is 57.7 Å². The van der Waals surface area contributed by atoms with Crippen LogP contribution in [-0.2, 0) is 22.4 Å². The van der Waals surface area contributed by atoms with Crippen molar-refractivity contribution in [2.75, 3.05) is 39.1 Å². The van der Waals surface area contributed by atoms with Crippen molar-refractivity contribution in [3.05, 3.63) is 0 Å². The highest BCUT2D eigenvalue weighted by molar-refractivity contribution is 8.00. The van der Waals surface area contributed by atoms with Gasteiger partial charge in [-0.2, -0.15) is 11.8 Å². The molecule has 0 aliphatic heterocycles. The van der Waals surface area contributed by atoms with E-state index in [-0.39, 0.29) is 6.61 Å². The first-order valence-electron chi connectivity index (χ1n) is 4.32. The van der Waals surface area contributed by atoms with E-state index >= 15 is 0 Å². The van der Waals surface area contributed by atoms with Gasteiger partial charge in [0, 0.05) is 27.1 Å². The van der Waals surface area contributed by atoms with Crippen molar-refractivity contribution in [3.8, 4) is 0 Å². The standard InChI is InChI=1S/C6H17O7PSSi/c1-10-16(11-2,12-3)6-15-5-4-13-14(7,8)9/h4-6H2,1-3H3,(H2,7,8,9). The molecule has 0 aliphatic carbocycles. The summed E-state index contributed by atoms with van der Waals surface area (Å²) in [4.78, 5) is 16.9. The highest BCUT2D eigenvalue weighted by Gasteiger charge is 2.37. The molecule has 0 rings (SSSR count). The van der Waals surface area contributed by atoms with Gasteiger partial charge in [-0.05, 0) is 0 Å². The van der Waals surface area contributed by atoms with E-state index in [1.54, 1.807) is 0 Å². The quantitative estimate of drug-likeness (QED) is 0.355. The number of hydrogen-bond donors (Lipinski definition) is 2. The fourth-order valence-corrected chi connectivity index (χ4v) is 4.98. The monoisotopic (exact) mass is 292 g/mol. The van der Waals surface area contributed by atoms with E-state index in [9.17, 15) is 4.57 Å². The second-order valence-corrected chi connectivity index (χ2v) is 8.47. The predicted molar refractivity (Wildman–Crippen MR) is 62.1 cm³/mol. The topological polar surface area (TPSA) is 94.5 Å². The van der Waals surface area contributed by atoms with E-state index in [1.807, 2.05) is 0 Å². The van der Waals surface area contributed by atoms with Crippen molar-refractivity contribution in [2.45, 2.75) is 0 Å². The van der Waals surface area contributed by atoms with E-state index in [0.29, 0.717) is 11.1 Å².